The zero-order valence-electron chi connectivity index (χ0n) is 12.2. The van der Waals surface area contributed by atoms with E-state index in [-0.39, 0.29) is 5.82 Å². The van der Waals surface area contributed by atoms with Crippen LogP contribution in [-0.4, -0.2) is 29.3 Å². The highest BCUT2D eigenvalue weighted by Gasteiger charge is 2.42. The van der Waals surface area contributed by atoms with Crippen molar-refractivity contribution in [2.75, 3.05) is 24.8 Å². The Balaban J connectivity index is 1.89. The molecule has 7 nitrogen and oxygen atoms in total. The second-order valence-electron chi connectivity index (χ2n) is 6.01. The zero-order valence-corrected chi connectivity index (χ0v) is 12.2. The molecule has 0 bridgehead atoms. The SMILES string of the molecule is COCCn1c(N)c(NC(C2CC2)C2CC2)c(=O)[nH]c1=O. The Kier molecular flexibility index (Phi) is 3.75. The second kappa shape index (κ2) is 5.55. The number of ether oxygens (including phenoxy) is 1. The lowest BCUT2D eigenvalue weighted by Crippen LogP contribution is -2.37. The van der Waals surface area contributed by atoms with Gasteiger partial charge in [-0.05, 0) is 37.5 Å². The number of hydrogen-bond acceptors (Lipinski definition) is 5. The lowest BCUT2D eigenvalue weighted by atomic mass is 10.1. The van der Waals surface area contributed by atoms with Crippen LogP contribution in [0.4, 0.5) is 11.5 Å². The predicted molar refractivity (Wildman–Crippen MR) is 80.5 cm³/mol. The van der Waals surface area contributed by atoms with Gasteiger partial charge in [0.05, 0.1) is 13.2 Å². The third-order valence-corrected chi connectivity index (χ3v) is 4.33. The van der Waals surface area contributed by atoms with Crippen LogP contribution in [0.15, 0.2) is 9.59 Å². The molecule has 2 aliphatic carbocycles. The summed E-state index contributed by atoms with van der Waals surface area (Å²) in [5.74, 6) is 1.47. The van der Waals surface area contributed by atoms with Gasteiger partial charge in [-0.15, -0.1) is 0 Å². The van der Waals surface area contributed by atoms with Gasteiger partial charge in [-0.25, -0.2) is 4.79 Å². The number of nitrogen functional groups attached to an aromatic ring is 1. The van der Waals surface area contributed by atoms with Gasteiger partial charge in [-0.2, -0.15) is 0 Å². The van der Waals surface area contributed by atoms with Crippen molar-refractivity contribution < 1.29 is 4.74 Å². The Morgan fingerprint density at radius 2 is 1.95 bits per heavy atom. The average molecular weight is 294 g/mol. The third kappa shape index (κ3) is 2.97. The molecule has 0 aliphatic heterocycles. The van der Waals surface area contributed by atoms with Crippen molar-refractivity contribution >= 4 is 11.5 Å². The normalized spacial score (nSPS) is 18.2. The molecule has 7 heteroatoms. The first-order valence-electron chi connectivity index (χ1n) is 7.50. The van der Waals surface area contributed by atoms with Crippen molar-refractivity contribution in [1.29, 1.82) is 0 Å². The van der Waals surface area contributed by atoms with E-state index in [0.29, 0.717) is 36.7 Å². The molecule has 1 aromatic rings. The Labute approximate surface area is 122 Å². The van der Waals surface area contributed by atoms with Crippen LogP contribution in [0.25, 0.3) is 0 Å². The first-order chi connectivity index (χ1) is 10.1. The summed E-state index contributed by atoms with van der Waals surface area (Å²) in [7, 11) is 1.56. The topological polar surface area (TPSA) is 102 Å². The van der Waals surface area contributed by atoms with Crippen molar-refractivity contribution in [3.63, 3.8) is 0 Å². The van der Waals surface area contributed by atoms with Gasteiger partial charge in [-0.3, -0.25) is 14.3 Å². The van der Waals surface area contributed by atoms with E-state index >= 15 is 0 Å². The molecule has 0 spiro atoms. The maximum atomic E-state index is 12.1. The van der Waals surface area contributed by atoms with Gasteiger partial charge < -0.3 is 15.8 Å². The van der Waals surface area contributed by atoms with E-state index in [0.717, 1.165) is 0 Å². The Morgan fingerprint density at radius 3 is 2.48 bits per heavy atom. The molecule has 1 aromatic heterocycles. The van der Waals surface area contributed by atoms with Crippen molar-refractivity contribution in [1.82, 2.24) is 9.55 Å². The average Bonchev–Trinajstić information content (AvgIpc) is 3.31. The van der Waals surface area contributed by atoms with Crippen LogP contribution in [0.1, 0.15) is 25.7 Å². The van der Waals surface area contributed by atoms with E-state index in [1.165, 1.54) is 30.3 Å². The fourth-order valence-corrected chi connectivity index (χ4v) is 2.83. The number of hydrogen-bond donors (Lipinski definition) is 3. The minimum absolute atomic E-state index is 0.201. The van der Waals surface area contributed by atoms with E-state index in [1.807, 2.05) is 0 Å². The number of nitrogens with zero attached hydrogens (tertiary/aromatic N) is 1. The standard InChI is InChI=1S/C14H22N4O3/c1-21-7-6-18-12(15)11(13(19)17-14(18)20)16-10(8-2-3-8)9-4-5-9/h8-10,16H,2-7,15H2,1H3,(H,17,19,20). The summed E-state index contributed by atoms with van der Waals surface area (Å²) in [5, 5.41) is 3.31. The highest BCUT2D eigenvalue weighted by atomic mass is 16.5. The highest BCUT2D eigenvalue weighted by Crippen LogP contribution is 2.45. The minimum atomic E-state index is -0.491. The molecule has 0 radical (unpaired) electrons. The van der Waals surface area contributed by atoms with E-state index in [4.69, 9.17) is 10.5 Å². The van der Waals surface area contributed by atoms with Gasteiger partial charge >= 0.3 is 5.69 Å². The molecule has 0 saturated heterocycles. The van der Waals surface area contributed by atoms with Gasteiger partial charge in [0.1, 0.15) is 11.5 Å². The number of aromatic nitrogens is 2. The molecular formula is C14H22N4O3. The lowest BCUT2D eigenvalue weighted by Gasteiger charge is -2.21. The fourth-order valence-electron chi connectivity index (χ4n) is 2.83. The molecule has 0 unspecified atom stereocenters. The summed E-state index contributed by atoms with van der Waals surface area (Å²) < 4.78 is 6.33. The smallest absolute Gasteiger partial charge is 0.330 e. The number of nitrogens with two attached hydrogens (primary N) is 1. The molecule has 0 amide bonds. The largest absolute Gasteiger partial charge is 0.383 e. The van der Waals surface area contributed by atoms with Crippen LogP contribution in [-0.2, 0) is 11.3 Å². The maximum Gasteiger partial charge on any atom is 0.330 e. The second-order valence-corrected chi connectivity index (χ2v) is 6.01. The molecule has 1 heterocycles. The summed E-state index contributed by atoms with van der Waals surface area (Å²) in [5.41, 5.74) is 5.44. The summed E-state index contributed by atoms with van der Waals surface area (Å²) in [4.78, 5) is 26.2. The first kappa shape index (κ1) is 14.2. The Bertz CT molecular complexity index is 616. The van der Waals surface area contributed by atoms with Gasteiger partial charge in [0.2, 0.25) is 0 Å². The van der Waals surface area contributed by atoms with E-state index in [1.54, 1.807) is 7.11 Å². The third-order valence-electron chi connectivity index (χ3n) is 4.33. The minimum Gasteiger partial charge on any atom is -0.383 e. The molecule has 2 aliphatic rings. The molecule has 2 fully saturated rings. The van der Waals surface area contributed by atoms with Crippen molar-refractivity contribution in [3.05, 3.63) is 20.8 Å². The van der Waals surface area contributed by atoms with Crippen molar-refractivity contribution in [2.45, 2.75) is 38.3 Å². The molecule has 3 rings (SSSR count). The van der Waals surface area contributed by atoms with E-state index < -0.39 is 11.2 Å². The number of methoxy groups -OCH3 is 1. The number of anilines is 2. The number of nitrogens with one attached hydrogen (secondary N) is 2. The van der Waals surface area contributed by atoms with Crippen LogP contribution in [0.3, 0.4) is 0 Å². The maximum absolute atomic E-state index is 12.1. The summed E-state index contributed by atoms with van der Waals surface area (Å²) >= 11 is 0. The monoisotopic (exact) mass is 294 g/mol. The molecule has 116 valence electrons. The van der Waals surface area contributed by atoms with Crippen LogP contribution in [0.2, 0.25) is 0 Å². The molecule has 2 saturated carbocycles. The van der Waals surface area contributed by atoms with Crippen LogP contribution < -0.4 is 22.3 Å². The number of H-pyrrole nitrogens is 1. The zero-order chi connectivity index (χ0) is 15.0. The van der Waals surface area contributed by atoms with Crippen molar-refractivity contribution in [2.24, 2.45) is 11.8 Å². The van der Waals surface area contributed by atoms with Gasteiger partial charge in [0, 0.05) is 13.2 Å². The Hall–Kier alpha value is -1.76. The summed E-state index contributed by atoms with van der Waals surface area (Å²) in [6.07, 6.45) is 4.81. The van der Waals surface area contributed by atoms with E-state index in [9.17, 15) is 9.59 Å². The van der Waals surface area contributed by atoms with Gasteiger partial charge in [-0.1, -0.05) is 0 Å². The number of aromatic amines is 1. The quantitative estimate of drug-likeness (QED) is 0.674. The molecule has 0 atom stereocenters. The van der Waals surface area contributed by atoms with E-state index in [2.05, 4.69) is 10.3 Å². The van der Waals surface area contributed by atoms with Crippen LogP contribution >= 0.6 is 0 Å². The lowest BCUT2D eigenvalue weighted by molar-refractivity contribution is 0.186. The number of rotatable bonds is 7. The van der Waals surface area contributed by atoms with Crippen LogP contribution in [0.5, 0.6) is 0 Å². The van der Waals surface area contributed by atoms with Crippen molar-refractivity contribution in [3.8, 4) is 0 Å². The van der Waals surface area contributed by atoms with Gasteiger partial charge in [0.25, 0.3) is 5.56 Å². The van der Waals surface area contributed by atoms with Gasteiger partial charge in [0.15, 0.2) is 0 Å². The van der Waals surface area contributed by atoms with Crippen LogP contribution in [0, 0.1) is 11.8 Å². The molecule has 4 N–H and O–H groups in total. The Morgan fingerprint density at radius 1 is 1.33 bits per heavy atom. The predicted octanol–water partition coefficient (Wildman–Crippen LogP) is 0.366. The first-order valence-corrected chi connectivity index (χ1v) is 7.50. The molecular weight excluding hydrogens is 272 g/mol. The molecule has 21 heavy (non-hydrogen) atoms. The highest BCUT2D eigenvalue weighted by molar-refractivity contribution is 5.61. The fraction of sp³-hybridized carbons (Fsp3) is 0.714. The molecule has 0 aromatic carbocycles. The summed E-state index contributed by atoms with van der Waals surface area (Å²) in [6.45, 7) is 0.689. The summed E-state index contributed by atoms with van der Waals surface area (Å²) in [6, 6.07) is 0.307.